The predicted octanol–water partition coefficient (Wildman–Crippen LogP) is 2.43. The first-order chi connectivity index (χ1) is 9.69. The molecule has 1 aromatic rings. The highest BCUT2D eigenvalue weighted by atomic mass is 35.5. The van der Waals surface area contributed by atoms with Crippen molar-refractivity contribution < 1.29 is 9.53 Å². The average Bonchev–Trinajstić information content (AvgIpc) is 2.47. The first kappa shape index (κ1) is 17.8. The van der Waals surface area contributed by atoms with Crippen molar-refractivity contribution in [3.05, 3.63) is 29.8 Å². The van der Waals surface area contributed by atoms with Crippen LogP contribution in [-0.4, -0.2) is 25.1 Å². The van der Waals surface area contributed by atoms with E-state index in [1.54, 1.807) is 0 Å². The fourth-order valence-corrected chi connectivity index (χ4v) is 2.71. The number of hydrogen-bond donors (Lipinski definition) is 2. The van der Waals surface area contributed by atoms with Crippen LogP contribution in [0.2, 0.25) is 0 Å². The van der Waals surface area contributed by atoms with Gasteiger partial charge < -0.3 is 15.8 Å². The van der Waals surface area contributed by atoms with Crippen molar-refractivity contribution in [2.45, 2.75) is 38.6 Å². The summed E-state index contributed by atoms with van der Waals surface area (Å²) >= 11 is 0. The van der Waals surface area contributed by atoms with Gasteiger partial charge in [0.05, 0.1) is 0 Å². The van der Waals surface area contributed by atoms with E-state index in [0.29, 0.717) is 12.5 Å². The Morgan fingerprint density at radius 1 is 1.29 bits per heavy atom. The Bertz CT molecular complexity index is 436. The van der Waals surface area contributed by atoms with E-state index in [4.69, 9.17) is 10.5 Å². The SMILES string of the molecule is Cc1ccc(OCC(=O)NC2CCCCC2CN)cc1.Cl. The van der Waals surface area contributed by atoms with Crippen LogP contribution in [0.25, 0.3) is 0 Å². The van der Waals surface area contributed by atoms with E-state index >= 15 is 0 Å². The molecular weight excluding hydrogens is 288 g/mol. The van der Waals surface area contributed by atoms with Gasteiger partial charge in [-0.05, 0) is 44.4 Å². The Labute approximate surface area is 132 Å². The van der Waals surface area contributed by atoms with Crippen LogP contribution in [0.1, 0.15) is 31.2 Å². The van der Waals surface area contributed by atoms with E-state index in [-0.39, 0.29) is 31.0 Å². The van der Waals surface area contributed by atoms with Gasteiger partial charge in [0.2, 0.25) is 0 Å². The van der Waals surface area contributed by atoms with Crippen LogP contribution in [0.5, 0.6) is 5.75 Å². The van der Waals surface area contributed by atoms with Gasteiger partial charge in [-0.15, -0.1) is 12.4 Å². The smallest absolute Gasteiger partial charge is 0.258 e. The molecule has 1 aliphatic carbocycles. The molecule has 1 aliphatic rings. The summed E-state index contributed by atoms with van der Waals surface area (Å²) in [6.45, 7) is 2.73. The zero-order valence-corrected chi connectivity index (χ0v) is 13.3. The Balaban J connectivity index is 0.00000220. The van der Waals surface area contributed by atoms with Crippen molar-refractivity contribution in [3.8, 4) is 5.75 Å². The summed E-state index contributed by atoms with van der Waals surface area (Å²) < 4.78 is 5.49. The lowest BCUT2D eigenvalue weighted by molar-refractivity contribution is -0.124. The van der Waals surface area contributed by atoms with Crippen molar-refractivity contribution >= 4 is 18.3 Å². The van der Waals surface area contributed by atoms with Gasteiger partial charge in [0.1, 0.15) is 5.75 Å². The number of carbonyl (C=O) groups is 1. The van der Waals surface area contributed by atoms with Crippen LogP contribution in [0, 0.1) is 12.8 Å². The molecule has 1 aromatic carbocycles. The van der Waals surface area contributed by atoms with E-state index in [2.05, 4.69) is 5.32 Å². The van der Waals surface area contributed by atoms with Gasteiger partial charge in [0, 0.05) is 6.04 Å². The summed E-state index contributed by atoms with van der Waals surface area (Å²) in [5, 5.41) is 3.06. The minimum atomic E-state index is -0.0593. The quantitative estimate of drug-likeness (QED) is 0.877. The number of rotatable bonds is 5. The van der Waals surface area contributed by atoms with Crippen LogP contribution in [-0.2, 0) is 4.79 Å². The summed E-state index contributed by atoms with van der Waals surface area (Å²) in [7, 11) is 0. The second kappa shape index (κ2) is 8.90. The normalized spacial score (nSPS) is 21.2. The topological polar surface area (TPSA) is 64.3 Å². The van der Waals surface area contributed by atoms with Crippen molar-refractivity contribution in [2.75, 3.05) is 13.2 Å². The molecule has 4 nitrogen and oxygen atoms in total. The summed E-state index contributed by atoms with van der Waals surface area (Å²) in [4.78, 5) is 11.9. The van der Waals surface area contributed by atoms with Crippen LogP contribution >= 0.6 is 12.4 Å². The molecule has 2 atom stereocenters. The standard InChI is InChI=1S/C16H24N2O2.ClH/c1-12-6-8-14(9-7-12)20-11-16(19)18-15-5-3-2-4-13(15)10-17;/h6-9,13,15H,2-5,10-11,17H2,1H3,(H,18,19);1H. The summed E-state index contributed by atoms with van der Waals surface area (Å²) in [5.41, 5.74) is 6.94. The third-order valence-electron chi connectivity index (χ3n) is 3.95. The molecule has 0 spiro atoms. The van der Waals surface area contributed by atoms with Crippen molar-refractivity contribution in [2.24, 2.45) is 11.7 Å². The summed E-state index contributed by atoms with van der Waals surface area (Å²) in [5.74, 6) is 1.08. The Hall–Kier alpha value is -1.26. The summed E-state index contributed by atoms with van der Waals surface area (Å²) in [6.07, 6.45) is 4.52. The van der Waals surface area contributed by atoms with Crippen molar-refractivity contribution in [1.29, 1.82) is 0 Å². The van der Waals surface area contributed by atoms with Gasteiger partial charge in [-0.25, -0.2) is 0 Å². The molecule has 1 saturated carbocycles. The molecule has 0 bridgehead atoms. The van der Waals surface area contributed by atoms with Crippen molar-refractivity contribution in [3.63, 3.8) is 0 Å². The fraction of sp³-hybridized carbons (Fsp3) is 0.562. The zero-order valence-electron chi connectivity index (χ0n) is 12.5. The number of nitrogens with two attached hydrogens (primary N) is 1. The molecule has 2 unspecified atom stereocenters. The van der Waals surface area contributed by atoms with E-state index in [1.807, 2.05) is 31.2 Å². The van der Waals surface area contributed by atoms with E-state index in [9.17, 15) is 4.79 Å². The maximum atomic E-state index is 11.9. The Kier molecular flexibility index (Phi) is 7.54. The minimum absolute atomic E-state index is 0. The molecule has 0 heterocycles. The van der Waals surface area contributed by atoms with E-state index < -0.39 is 0 Å². The minimum Gasteiger partial charge on any atom is -0.484 e. The molecule has 0 aromatic heterocycles. The number of nitrogens with one attached hydrogen (secondary N) is 1. The molecule has 5 heteroatoms. The van der Waals surface area contributed by atoms with Crippen molar-refractivity contribution in [1.82, 2.24) is 5.32 Å². The average molecular weight is 313 g/mol. The molecule has 2 rings (SSSR count). The highest BCUT2D eigenvalue weighted by molar-refractivity contribution is 5.85. The second-order valence-electron chi connectivity index (χ2n) is 5.56. The molecule has 21 heavy (non-hydrogen) atoms. The predicted molar refractivity (Wildman–Crippen MR) is 86.9 cm³/mol. The zero-order chi connectivity index (χ0) is 14.4. The molecule has 1 amide bonds. The van der Waals surface area contributed by atoms with Crippen LogP contribution in [0.3, 0.4) is 0 Å². The lowest BCUT2D eigenvalue weighted by Crippen LogP contribution is -2.46. The Morgan fingerprint density at radius 2 is 1.95 bits per heavy atom. The number of benzene rings is 1. The monoisotopic (exact) mass is 312 g/mol. The van der Waals surface area contributed by atoms with Gasteiger partial charge in [0.25, 0.3) is 5.91 Å². The highest BCUT2D eigenvalue weighted by Crippen LogP contribution is 2.23. The first-order valence-corrected chi connectivity index (χ1v) is 7.38. The van der Waals surface area contributed by atoms with Gasteiger partial charge in [-0.2, -0.15) is 0 Å². The number of hydrogen-bond acceptors (Lipinski definition) is 3. The molecule has 0 radical (unpaired) electrons. The van der Waals surface area contributed by atoms with Gasteiger partial charge in [-0.1, -0.05) is 30.5 Å². The third-order valence-corrected chi connectivity index (χ3v) is 3.95. The molecule has 1 fully saturated rings. The number of ether oxygens (including phenoxy) is 1. The first-order valence-electron chi connectivity index (χ1n) is 7.38. The van der Waals surface area contributed by atoms with Crippen LogP contribution in [0.15, 0.2) is 24.3 Å². The van der Waals surface area contributed by atoms with E-state index in [0.717, 1.165) is 18.6 Å². The van der Waals surface area contributed by atoms with Gasteiger partial charge >= 0.3 is 0 Å². The molecule has 0 saturated heterocycles. The van der Waals surface area contributed by atoms with Gasteiger partial charge in [0.15, 0.2) is 6.61 Å². The highest BCUT2D eigenvalue weighted by Gasteiger charge is 2.25. The third kappa shape index (κ3) is 5.56. The van der Waals surface area contributed by atoms with Gasteiger partial charge in [-0.3, -0.25) is 4.79 Å². The molecule has 3 N–H and O–H groups in total. The molecular formula is C16H25ClN2O2. The van der Waals surface area contributed by atoms with E-state index in [1.165, 1.54) is 18.4 Å². The Morgan fingerprint density at radius 3 is 2.62 bits per heavy atom. The van der Waals surface area contributed by atoms with Crippen LogP contribution in [0.4, 0.5) is 0 Å². The lowest BCUT2D eigenvalue weighted by atomic mass is 9.84. The lowest BCUT2D eigenvalue weighted by Gasteiger charge is -2.31. The second-order valence-corrected chi connectivity index (χ2v) is 5.56. The largest absolute Gasteiger partial charge is 0.484 e. The maximum absolute atomic E-state index is 11.9. The number of aryl methyl sites for hydroxylation is 1. The molecule has 118 valence electrons. The number of halogens is 1. The maximum Gasteiger partial charge on any atom is 0.258 e. The fourth-order valence-electron chi connectivity index (χ4n) is 2.71. The number of carbonyl (C=O) groups excluding carboxylic acids is 1. The molecule has 0 aliphatic heterocycles. The van der Waals surface area contributed by atoms with Crippen LogP contribution < -0.4 is 15.8 Å². The number of amides is 1. The summed E-state index contributed by atoms with van der Waals surface area (Å²) in [6, 6.07) is 7.91.